The summed E-state index contributed by atoms with van der Waals surface area (Å²) in [6.07, 6.45) is 4.86. The number of hydrogen-bond acceptors (Lipinski definition) is 4. The molecule has 5 heteroatoms. The van der Waals surface area contributed by atoms with Crippen molar-refractivity contribution in [1.29, 1.82) is 0 Å². The molecule has 0 amide bonds. The summed E-state index contributed by atoms with van der Waals surface area (Å²) >= 11 is 6.10. The number of nitrogens with zero attached hydrogens (tertiary/aromatic N) is 2. The molecule has 0 aliphatic carbocycles. The Morgan fingerprint density at radius 2 is 1.96 bits per heavy atom. The van der Waals surface area contributed by atoms with Gasteiger partial charge < -0.3 is 9.84 Å². The first kappa shape index (κ1) is 17.9. The lowest BCUT2D eigenvalue weighted by atomic mass is 9.75. The zero-order valence-corrected chi connectivity index (χ0v) is 15.7. The predicted octanol–water partition coefficient (Wildman–Crippen LogP) is 3.77. The van der Waals surface area contributed by atoms with Crippen molar-refractivity contribution in [3.05, 3.63) is 64.9 Å². The van der Waals surface area contributed by atoms with Gasteiger partial charge in [-0.1, -0.05) is 29.8 Å². The molecule has 138 valence electrons. The molecule has 2 aliphatic heterocycles. The normalized spacial score (nSPS) is 26.1. The van der Waals surface area contributed by atoms with Crippen LogP contribution in [0.4, 0.5) is 0 Å². The predicted molar refractivity (Wildman–Crippen MR) is 102 cm³/mol. The molecular weight excluding hydrogens is 348 g/mol. The lowest BCUT2D eigenvalue weighted by molar-refractivity contribution is -0.183. The highest BCUT2D eigenvalue weighted by Crippen LogP contribution is 2.43. The number of benzene rings is 1. The second-order valence-corrected chi connectivity index (χ2v) is 8.05. The fraction of sp³-hybridized carbons (Fsp3) is 0.476. The van der Waals surface area contributed by atoms with Crippen LogP contribution in [0.3, 0.4) is 0 Å². The second-order valence-electron chi connectivity index (χ2n) is 7.61. The highest BCUT2D eigenvalue weighted by atomic mass is 35.5. The Labute approximate surface area is 159 Å². The summed E-state index contributed by atoms with van der Waals surface area (Å²) in [5.41, 5.74) is 0.885. The van der Waals surface area contributed by atoms with Gasteiger partial charge in [0.2, 0.25) is 0 Å². The Kier molecular flexibility index (Phi) is 5.02. The van der Waals surface area contributed by atoms with Crippen LogP contribution in [0, 0.1) is 0 Å². The van der Waals surface area contributed by atoms with Gasteiger partial charge in [0.1, 0.15) is 5.60 Å². The minimum absolute atomic E-state index is 0.241. The van der Waals surface area contributed by atoms with Gasteiger partial charge in [0.15, 0.2) is 0 Å². The number of hydrogen-bond donors (Lipinski definition) is 1. The lowest BCUT2D eigenvalue weighted by Gasteiger charge is -2.49. The van der Waals surface area contributed by atoms with Crippen LogP contribution in [-0.4, -0.2) is 40.3 Å². The van der Waals surface area contributed by atoms with Crippen LogP contribution in [-0.2, 0) is 16.9 Å². The van der Waals surface area contributed by atoms with Gasteiger partial charge in [0, 0.05) is 43.7 Å². The SMILES string of the molecule is OC1(c2ccccn2)CCOC2(CCN(Cc3cccc(Cl)c3)CC2)C1. The minimum atomic E-state index is -0.880. The molecule has 4 rings (SSSR count). The molecule has 1 aromatic carbocycles. The Morgan fingerprint density at radius 1 is 1.12 bits per heavy atom. The Hall–Kier alpha value is -1.46. The number of ether oxygens (including phenoxy) is 1. The van der Waals surface area contributed by atoms with Crippen molar-refractivity contribution in [3.8, 4) is 0 Å². The third-order valence-corrected chi connectivity index (χ3v) is 5.98. The first-order valence-corrected chi connectivity index (χ1v) is 9.70. The topological polar surface area (TPSA) is 45.6 Å². The summed E-state index contributed by atoms with van der Waals surface area (Å²) in [5, 5.41) is 12.0. The minimum Gasteiger partial charge on any atom is -0.383 e. The monoisotopic (exact) mass is 372 g/mol. The number of pyridine rings is 1. The van der Waals surface area contributed by atoms with Gasteiger partial charge >= 0.3 is 0 Å². The van der Waals surface area contributed by atoms with Crippen molar-refractivity contribution in [2.75, 3.05) is 19.7 Å². The molecule has 0 bridgehead atoms. The first-order chi connectivity index (χ1) is 12.6. The number of likely N-dealkylation sites (tertiary alicyclic amines) is 1. The second kappa shape index (κ2) is 7.28. The molecule has 1 unspecified atom stereocenters. The van der Waals surface area contributed by atoms with Crippen LogP contribution in [0.5, 0.6) is 0 Å². The summed E-state index contributed by atoms with van der Waals surface area (Å²) in [7, 11) is 0. The average Bonchev–Trinajstić information content (AvgIpc) is 2.65. The number of aliphatic hydroxyl groups is 1. The zero-order chi connectivity index (χ0) is 18.0. The smallest absolute Gasteiger partial charge is 0.111 e. The van der Waals surface area contributed by atoms with E-state index in [1.165, 1.54) is 5.56 Å². The maximum atomic E-state index is 11.2. The van der Waals surface area contributed by atoms with E-state index >= 15 is 0 Å². The zero-order valence-electron chi connectivity index (χ0n) is 14.9. The van der Waals surface area contributed by atoms with Crippen molar-refractivity contribution in [3.63, 3.8) is 0 Å². The van der Waals surface area contributed by atoms with E-state index < -0.39 is 5.60 Å². The van der Waals surface area contributed by atoms with Gasteiger partial charge in [0.25, 0.3) is 0 Å². The van der Waals surface area contributed by atoms with Gasteiger partial charge in [0.05, 0.1) is 17.9 Å². The molecule has 1 N–H and O–H groups in total. The van der Waals surface area contributed by atoms with Crippen LogP contribution in [0.2, 0.25) is 5.02 Å². The van der Waals surface area contributed by atoms with Crippen LogP contribution in [0.25, 0.3) is 0 Å². The number of piperidine rings is 1. The molecule has 3 heterocycles. The van der Waals surface area contributed by atoms with E-state index in [9.17, 15) is 5.11 Å². The average molecular weight is 373 g/mol. The maximum absolute atomic E-state index is 11.2. The fourth-order valence-corrected chi connectivity index (χ4v) is 4.51. The van der Waals surface area contributed by atoms with Crippen molar-refractivity contribution >= 4 is 11.6 Å². The molecule has 0 saturated carbocycles. The molecule has 2 saturated heterocycles. The van der Waals surface area contributed by atoms with E-state index in [2.05, 4.69) is 16.0 Å². The molecule has 2 aromatic rings. The van der Waals surface area contributed by atoms with Gasteiger partial charge in [-0.15, -0.1) is 0 Å². The van der Waals surface area contributed by atoms with E-state index in [0.29, 0.717) is 19.4 Å². The molecular formula is C21H25ClN2O2. The standard InChI is InChI=1S/C21H25ClN2O2/c22-18-5-3-4-17(14-18)15-24-11-7-20(8-12-24)16-21(25,9-13-26-20)19-6-1-2-10-23-19/h1-6,10,14,25H,7-9,11-13,15-16H2. The highest BCUT2D eigenvalue weighted by Gasteiger charge is 2.47. The van der Waals surface area contributed by atoms with Crippen LogP contribution in [0.1, 0.15) is 36.9 Å². The van der Waals surface area contributed by atoms with Crippen LogP contribution in [0.15, 0.2) is 48.7 Å². The van der Waals surface area contributed by atoms with Crippen molar-refractivity contribution in [2.24, 2.45) is 0 Å². The lowest BCUT2D eigenvalue weighted by Crippen LogP contribution is -2.53. The Morgan fingerprint density at radius 3 is 2.69 bits per heavy atom. The Bertz CT molecular complexity index is 747. The number of aromatic nitrogens is 1. The van der Waals surface area contributed by atoms with Gasteiger partial charge in [-0.2, -0.15) is 0 Å². The van der Waals surface area contributed by atoms with Gasteiger partial charge in [-0.05, 0) is 42.7 Å². The largest absolute Gasteiger partial charge is 0.383 e. The maximum Gasteiger partial charge on any atom is 0.111 e. The quantitative estimate of drug-likeness (QED) is 0.890. The molecule has 26 heavy (non-hydrogen) atoms. The van der Waals surface area contributed by atoms with Crippen molar-refractivity contribution < 1.29 is 9.84 Å². The summed E-state index contributed by atoms with van der Waals surface area (Å²) in [4.78, 5) is 6.84. The molecule has 2 fully saturated rings. The third kappa shape index (κ3) is 3.79. The number of halogens is 1. The van der Waals surface area contributed by atoms with E-state index in [1.54, 1.807) is 6.20 Å². The van der Waals surface area contributed by atoms with E-state index in [1.807, 2.05) is 36.4 Å². The first-order valence-electron chi connectivity index (χ1n) is 9.32. The van der Waals surface area contributed by atoms with Gasteiger partial charge in [-0.3, -0.25) is 9.88 Å². The van der Waals surface area contributed by atoms with E-state index in [-0.39, 0.29) is 5.60 Å². The van der Waals surface area contributed by atoms with E-state index in [4.69, 9.17) is 16.3 Å². The molecule has 1 atom stereocenters. The van der Waals surface area contributed by atoms with Gasteiger partial charge in [-0.25, -0.2) is 0 Å². The molecule has 2 aliphatic rings. The molecule has 1 aromatic heterocycles. The Balaban J connectivity index is 1.41. The third-order valence-electron chi connectivity index (χ3n) is 5.74. The fourth-order valence-electron chi connectivity index (χ4n) is 4.30. The molecule has 1 spiro atoms. The van der Waals surface area contributed by atoms with Crippen molar-refractivity contribution in [1.82, 2.24) is 9.88 Å². The van der Waals surface area contributed by atoms with Crippen molar-refractivity contribution in [2.45, 2.75) is 43.4 Å². The highest BCUT2D eigenvalue weighted by molar-refractivity contribution is 6.30. The van der Waals surface area contributed by atoms with Crippen LogP contribution >= 0.6 is 11.6 Å². The summed E-state index contributed by atoms with van der Waals surface area (Å²) in [6, 6.07) is 13.8. The molecule has 4 nitrogen and oxygen atoms in total. The molecule has 0 radical (unpaired) electrons. The number of rotatable bonds is 3. The summed E-state index contributed by atoms with van der Waals surface area (Å²) < 4.78 is 6.21. The summed E-state index contributed by atoms with van der Waals surface area (Å²) in [5.74, 6) is 0. The van der Waals surface area contributed by atoms with Crippen LogP contribution < -0.4 is 0 Å². The van der Waals surface area contributed by atoms with E-state index in [0.717, 1.165) is 43.2 Å². The summed E-state index contributed by atoms with van der Waals surface area (Å²) in [6.45, 7) is 3.41.